The van der Waals surface area contributed by atoms with Crippen LogP contribution in [-0.4, -0.2) is 16.1 Å². The largest absolute Gasteiger partial charge is 0.481 e. The summed E-state index contributed by atoms with van der Waals surface area (Å²) in [5.41, 5.74) is 3.11. The zero-order valence-electron chi connectivity index (χ0n) is 10.6. The van der Waals surface area contributed by atoms with Gasteiger partial charge in [-0.25, -0.2) is 0 Å². The fourth-order valence-corrected chi connectivity index (χ4v) is 2.41. The van der Waals surface area contributed by atoms with Crippen LogP contribution >= 0.6 is 0 Å². The van der Waals surface area contributed by atoms with Crippen LogP contribution in [0.2, 0.25) is 0 Å². The SMILES string of the molecule is Cc1[nH]c2c(C)cccc2c1C(C)(C)C(=O)O. The van der Waals surface area contributed by atoms with Crippen molar-refractivity contribution in [3.05, 3.63) is 35.0 Å². The van der Waals surface area contributed by atoms with Gasteiger partial charge in [-0.1, -0.05) is 18.2 Å². The number of benzene rings is 1. The average Bonchev–Trinajstić information content (AvgIpc) is 2.56. The van der Waals surface area contributed by atoms with E-state index >= 15 is 0 Å². The normalized spacial score (nSPS) is 12.0. The minimum Gasteiger partial charge on any atom is -0.481 e. The Bertz CT molecular complexity index is 594. The van der Waals surface area contributed by atoms with E-state index in [0.29, 0.717) is 0 Å². The predicted octanol–water partition coefficient (Wildman–Crippen LogP) is 3.15. The maximum Gasteiger partial charge on any atom is 0.313 e. The zero-order chi connectivity index (χ0) is 12.8. The van der Waals surface area contributed by atoms with Crippen LogP contribution in [0.4, 0.5) is 0 Å². The van der Waals surface area contributed by atoms with Crippen molar-refractivity contribution in [1.29, 1.82) is 0 Å². The minimum absolute atomic E-state index is 0.803. The molecule has 0 aliphatic carbocycles. The van der Waals surface area contributed by atoms with Crippen molar-refractivity contribution < 1.29 is 9.90 Å². The van der Waals surface area contributed by atoms with Crippen molar-refractivity contribution >= 4 is 16.9 Å². The molecule has 2 aromatic rings. The molecule has 0 atom stereocenters. The van der Waals surface area contributed by atoms with Crippen LogP contribution in [0.1, 0.15) is 30.7 Å². The van der Waals surface area contributed by atoms with Gasteiger partial charge in [-0.15, -0.1) is 0 Å². The number of carbonyl (C=O) groups is 1. The van der Waals surface area contributed by atoms with Crippen molar-refractivity contribution in [2.45, 2.75) is 33.1 Å². The number of aromatic nitrogens is 1. The molecule has 2 N–H and O–H groups in total. The van der Waals surface area contributed by atoms with Gasteiger partial charge in [0.05, 0.1) is 5.41 Å². The van der Waals surface area contributed by atoms with Gasteiger partial charge in [0, 0.05) is 16.6 Å². The van der Waals surface area contributed by atoms with Crippen LogP contribution in [0.25, 0.3) is 10.9 Å². The van der Waals surface area contributed by atoms with Gasteiger partial charge in [-0.05, 0) is 38.8 Å². The third-order valence-corrected chi connectivity index (χ3v) is 3.39. The van der Waals surface area contributed by atoms with Gasteiger partial charge in [0.2, 0.25) is 0 Å². The Morgan fingerprint density at radius 1 is 1.29 bits per heavy atom. The van der Waals surface area contributed by atoms with Gasteiger partial charge in [-0.2, -0.15) is 0 Å². The van der Waals surface area contributed by atoms with E-state index in [1.807, 2.05) is 32.0 Å². The molecule has 0 aliphatic heterocycles. The lowest BCUT2D eigenvalue weighted by Gasteiger charge is -2.20. The van der Waals surface area contributed by atoms with Crippen molar-refractivity contribution in [2.24, 2.45) is 0 Å². The third kappa shape index (κ3) is 1.62. The molecule has 0 amide bonds. The number of aromatic amines is 1. The van der Waals surface area contributed by atoms with E-state index in [9.17, 15) is 9.90 Å². The second-order valence-corrected chi connectivity index (χ2v) is 5.05. The molecule has 2 rings (SSSR count). The number of nitrogens with one attached hydrogen (secondary N) is 1. The van der Waals surface area contributed by atoms with Crippen LogP contribution < -0.4 is 0 Å². The lowest BCUT2D eigenvalue weighted by molar-refractivity contribution is -0.142. The number of H-pyrrole nitrogens is 1. The number of carboxylic acid groups (broad SMARTS) is 1. The molecule has 0 unspecified atom stereocenters. The highest BCUT2D eigenvalue weighted by Gasteiger charge is 2.33. The molecule has 0 spiro atoms. The van der Waals surface area contributed by atoms with Gasteiger partial charge in [0.1, 0.15) is 0 Å². The van der Waals surface area contributed by atoms with Crippen molar-refractivity contribution in [1.82, 2.24) is 4.98 Å². The molecule has 1 aromatic carbocycles. The molecule has 0 fully saturated rings. The highest BCUT2D eigenvalue weighted by molar-refractivity contribution is 5.94. The molecule has 1 heterocycles. The fraction of sp³-hybridized carbons (Fsp3) is 0.357. The maximum absolute atomic E-state index is 11.4. The van der Waals surface area contributed by atoms with Crippen LogP contribution in [0.15, 0.2) is 18.2 Å². The monoisotopic (exact) mass is 231 g/mol. The summed E-state index contributed by atoms with van der Waals surface area (Å²) in [6.07, 6.45) is 0. The van der Waals surface area contributed by atoms with Gasteiger partial charge in [0.25, 0.3) is 0 Å². The van der Waals surface area contributed by atoms with Gasteiger partial charge >= 0.3 is 5.97 Å². The lowest BCUT2D eigenvalue weighted by Crippen LogP contribution is -2.29. The number of fused-ring (bicyclic) bond motifs is 1. The molecular weight excluding hydrogens is 214 g/mol. The number of hydrogen-bond acceptors (Lipinski definition) is 1. The van der Waals surface area contributed by atoms with E-state index in [1.54, 1.807) is 13.8 Å². The molecule has 0 saturated carbocycles. The Morgan fingerprint density at radius 3 is 2.53 bits per heavy atom. The third-order valence-electron chi connectivity index (χ3n) is 3.39. The summed E-state index contributed by atoms with van der Waals surface area (Å²) in [6, 6.07) is 5.97. The molecule has 0 radical (unpaired) electrons. The van der Waals surface area contributed by atoms with Crippen molar-refractivity contribution in [2.75, 3.05) is 0 Å². The van der Waals surface area contributed by atoms with E-state index in [-0.39, 0.29) is 0 Å². The maximum atomic E-state index is 11.4. The van der Waals surface area contributed by atoms with Crippen molar-refractivity contribution in [3.63, 3.8) is 0 Å². The highest BCUT2D eigenvalue weighted by atomic mass is 16.4. The van der Waals surface area contributed by atoms with E-state index < -0.39 is 11.4 Å². The molecule has 3 nitrogen and oxygen atoms in total. The minimum atomic E-state index is -0.879. The number of para-hydroxylation sites is 1. The lowest BCUT2D eigenvalue weighted by atomic mass is 9.83. The number of hydrogen-bond donors (Lipinski definition) is 2. The predicted molar refractivity (Wildman–Crippen MR) is 68.4 cm³/mol. The summed E-state index contributed by atoms with van der Waals surface area (Å²) in [6.45, 7) is 7.44. The first-order valence-electron chi connectivity index (χ1n) is 5.67. The summed E-state index contributed by atoms with van der Waals surface area (Å²) in [5.74, 6) is -0.803. The summed E-state index contributed by atoms with van der Waals surface area (Å²) in [4.78, 5) is 14.7. The van der Waals surface area contributed by atoms with E-state index in [2.05, 4.69) is 4.98 Å². The first kappa shape index (κ1) is 11.7. The summed E-state index contributed by atoms with van der Waals surface area (Å²) in [7, 11) is 0. The first-order chi connectivity index (χ1) is 7.85. The Hall–Kier alpha value is -1.77. The second kappa shape index (κ2) is 3.62. The second-order valence-electron chi connectivity index (χ2n) is 5.05. The molecule has 3 heteroatoms. The van der Waals surface area contributed by atoms with Crippen LogP contribution in [0.3, 0.4) is 0 Å². The Kier molecular flexibility index (Phi) is 2.49. The van der Waals surface area contributed by atoms with Gasteiger partial charge < -0.3 is 10.1 Å². The van der Waals surface area contributed by atoms with Crippen LogP contribution in [0, 0.1) is 13.8 Å². The zero-order valence-corrected chi connectivity index (χ0v) is 10.6. The van der Waals surface area contributed by atoms with Gasteiger partial charge in [-0.3, -0.25) is 4.79 Å². The molecular formula is C14H17NO2. The Morgan fingerprint density at radius 2 is 1.94 bits per heavy atom. The molecule has 0 bridgehead atoms. The topological polar surface area (TPSA) is 53.1 Å². The summed E-state index contributed by atoms with van der Waals surface area (Å²) in [5, 5.41) is 10.4. The summed E-state index contributed by atoms with van der Waals surface area (Å²) >= 11 is 0. The highest BCUT2D eigenvalue weighted by Crippen LogP contribution is 2.34. The number of aryl methyl sites for hydroxylation is 2. The molecule has 90 valence electrons. The first-order valence-corrected chi connectivity index (χ1v) is 5.67. The van der Waals surface area contributed by atoms with Crippen molar-refractivity contribution in [3.8, 4) is 0 Å². The quantitative estimate of drug-likeness (QED) is 0.834. The van der Waals surface area contributed by atoms with E-state index in [4.69, 9.17) is 0 Å². The molecule has 0 saturated heterocycles. The summed E-state index contributed by atoms with van der Waals surface area (Å²) < 4.78 is 0. The Balaban J connectivity index is 2.83. The molecule has 17 heavy (non-hydrogen) atoms. The Labute approximate surface area is 100 Å². The van der Waals surface area contributed by atoms with Crippen LogP contribution in [0.5, 0.6) is 0 Å². The molecule has 0 aliphatic rings. The smallest absolute Gasteiger partial charge is 0.313 e. The fourth-order valence-electron chi connectivity index (χ4n) is 2.41. The van der Waals surface area contributed by atoms with Gasteiger partial charge in [0.15, 0.2) is 0 Å². The van der Waals surface area contributed by atoms with E-state index in [1.165, 1.54) is 0 Å². The van der Waals surface area contributed by atoms with Crippen LogP contribution in [-0.2, 0) is 10.2 Å². The standard InChI is InChI=1S/C14H17NO2/c1-8-6-5-7-10-11(9(2)15-12(8)10)14(3,4)13(16)17/h5-7,15H,1-4H3,(H,16,17). The number of carboxylic acids is 1. The molecule has 1 aromatic heterocycles. The van der Waals surface area contributed by atoms with E-state index in [0.717, 1.165) is 27.7 Å². The number of rotatable bonds is 2. The average molecular weight is 231 g/mol. The number of aliphatic carboxylic acids is 1.